The molecule has 0 fully saturated rings. The van der Waals surface area contributed by atoms with Crippen molar-refractivity contribution in [3.05, 3.63) is 58.2 Å². The Hall–Kier alpha value is -2.40. The minimum atomic E-state index is -4.66. The van der Waals surface area contributed by atoms with Crippen molar-refractivity contribution in [1.82, 2.24) is 3.97 Å². The van der Waals surface area contributed by atoms with Gasteiger partial charge in [-0.25, -0.2) is 12.4 Å². The number of primary amides is 1. The van der Waals surface area contributed by atoms with Gasteiger partial charge in [-0.05, 0) is 24.3 Å². The van der Waals surface area contributed by atoms with Crippen LogP contribution in [0.25, 0.3) is 10.9 Å². The van der Waals surface area contributed by atoms with Gasteiger partial charge in [-0.1, -0.05) is 18.2 Å². The van der Waals surface area contributed by atoms with Crippen LogP contribution in [-0.2, 0) is 10.0 Å². The molecular weight excluding hydrogens is 405 g/mol. The number of nitrogens with zero attached hydrogens (tertiary/aromatic N) is 1. The molecule has 0 spiro atoms. The number of nitrogens with two attached hydrogens (primary N) is 1. The highest BCUT2D eigenvalue weighted by atomic mass is 32.2. The zero-order chi connectivity index (χ0) is 20.0. The molecular formula is C16H15F3N2O4S2. The lowest BCUT2D eigenvalue weighted by Gasteiger charge is -2.22. The van der Waals surface area contributed by atoms with Crippen molar-refractivity contribution >= 4 is 37.7 Å². The summed E-state index contributed by atoms with van der Waals surface area (Å²) in [5.74, 6) is -2.10. The first-order valence-electron chi connectivity index (χ1n) is 7.61. The molecule has 0 saturated heterocycles. The van der Waals surface area contributed by atoms with E-state index in [0.717, 1.165) is 16.1 Å². The maximum absolute atomic E-state index is 13.0. The quantitative estimate of drug-likeness (QED) is 0.648. The second kappa shape index (κ2) is 6.64. The fraction of sp³-hybridized carbons (Fsp3) is 0.188. The van der Waals surface area contributed by atoms with Gasteiger partial charge in [0.25, 0.3) is 5.91 Å². The van der Waals surface area contributed by atoms with Crippen LogP contribution < -0.4 is 5.73 Å². The lowest BCUT2D eigenvalue weighted by Crippen LogP contribution is -2.26. The number of para-hydroxylation sites is 1. The largest absolute Gasteiger partial charge is 0.504 e. The van der Waals surface area contributed by atoms with E-state index in [9.17, 15) is 31.5 Å². The molecule has 0 aliphatic carbocycles. The van der Waals surface area contributed by atoms with Crippen LogP contribution in [0.2, 0.25) is 0 Å². The van der Waals surface area contributed by atoms with Crippen LogP contribution in [0.1, 0.15) is 10.5 Å². The zero-order valence-electron chi connectivity index (χ0n) is 13.6. The molecule has 2 heterocycles. The predicted octanol–water partition coefficient (Wildman–Crippen LogP) is 2.78. The summed E-state index contributed by atoms with van der Waals surface area (Å²) in [6.45, 7) is 0. The van der Waals surface area contributed by atoms with E-state index in [-0.39, 0.29) is 11.2 Å². The number of rotatable bonds is 5. The number of fused-ring (bicyclic) bond motifs is 1. The molecule has 0 saturated carbocycles. The molecule has 1 amide bonds. The van der Waals surface area contributed by atoms with Gasteiger partial charge in [0.2, 0.25) is 10.0 Å². The molecule has 3 N–H and O–H groups in total. The Morgan fingerprint density at radius 1 is 1.22 bits per heavy atom. The first kappa shape index (κ1) is 19.4. The van der Waals surface area contributed by atoms with Crippen LogP contribution in [0.4, 0.5) is 13.2 Å². The predicted molar refractivity (Wildman–Crippen MR) is 98.3 cm³/mol. The Balaban J connectivity index is 1.96. The number of benzene rings is 1. The van der Waals surface area contributed by atoms with Crippen molar-refractivity contribution in [1.29, 1.82) is 0 Å². The molecule has 27 heavy (non-hydrogen) atoms. The van der Waals surface area contributed by atoms with E-state index >= 15 is 0 Å². The zero-order valence-corrected chi connectivity index (χ0v) is 15.4. The van der Waals surface area contributed by atoms with Gasteiger partial charge >= 0.3 is 6.18 Å². The number of hydrogen-bond donors (Lipinski definition) is 3. The third-order valence-electron chi connectivity index (χ3n) is 4.02. The van der Waals surface area contributed by atoms with E-state index in [0.29, 0.717) is 5.39 Å². The fourth-order valence-corrected chi connectivity index (χ4v) is 7.11. The smallest absolute Gasteiger partial charge is 0.421 e. The van der Waals surface area contributed by atoms with Gasteiger partial charge < -0.3 is 10.8 Å². The molecule has 1 atom stereocenters. The maximum atomic E-state index is 13.0. The molecule has 0 radical (unpaired) electrons. The van der Waals surface area contributed by atoms with Gasteiger partial charge in [0.15, 0.2) is 0 Å². The summed E-state index contributed by atoms with van der Waals surface area (Å²) in [5.41, 5.74) is 5.20. The number of hydrogen-bond acceptors (Lipinski definition) is 4. The highest BCUT2D eigenvalue weighted by Gasteiger charge is 2.41. The molecule has 3 rings (SSSR count). The standard InChI is InChI=1S/C16H15F3N2O4S2/c17-16(18,19)13-5-6-14(22)26(13)7-8-27(24,25)21-11-4-2-1-3-10(11)9-12(21)15(20)23/h1-6,9,22,26H,7-8H2,(H2,20,23). The summed E-state index contributed by atoms with van der Waals surface area (Å²) >= 11 is 0. The van der Waals surface area contributed by atoms with Crippen LogP contribution in [0.3, 0.4) is 0 Å². The van der Waals surface area contributed by atoms with E-state index < -0.39 is 54.5 Å². The van der Waals surface area contributed by atoms with Gasteiger partial charge in [0, 0.05) is 11.1 Å². The van der Waals surface area contributed by atoms with Gasteiger partial charge in [-0.15, -0.1) is 0 Å². The summed E-state index contributed by atoms with van der Waals surface area (Å²) in [6.07, 6.45) is -2.97. The second-order valence-corrected chi connectivity index (χ2v) is 9.94. The average Bonchev–Trinajstić information content (AvgIpc) is 3.13. The molecule has 2 aromatic rings. The number of carbonyl (C=O) groups excluding carboxylic acids is 1. The average molecular weight is 420 g/mol. The minimum absolute atomic E-state index is 0.205. The Morgan fingerprint density at radius 3 is 2.52 bits per heavy atom. The molecule has 1 aliphatic heterocycles. The first-order valence-corrected chi connectivity index (χ1v) is 10.8. The van der Waals surface area contributed by atoms with E-state index in [4.69, 9.17) is 5.73 Å². The molecule has 1 aromatic carbocycles. The van der Waals surface area contributed by atoms with E-state index in [1.165, 1.54) is 12.1 Å². The molecule has 0 bridgehead atoms. The minimum Gasteiger partial charge on any atom is -0.504 e. The molecule has 6 nitrogen and oxygen atoms in total. The number of aromatic nitrogens is 1. The highest BCUT2D eigenvalue weighted by molar-refractivity contribution is 8.24. The summed E-state index contributed by atoms with van der Waals surface area (Å²) in [4.78, 5) is 10.7. The van der Waals surface area contributed by atoms with E-state index in [1.54, 1.807) is 18.2 Å². The molecule has 146 valence electrons. The van der Waals surface area contributed by atoms with Crippen molar-refractivity contribution in [3.63, 3.8) is 0 Å². The number of halogens is 3. The number of aliphatic hydroxyl groups excluding tert-OH is 1. The summed E-state index contributed by atoms with van der Waals surface area (Å²) in [6, 6.07) is 7.59. The first-order chi connectivity index (χ1) is 12.5. The third-order valence-corrected chi connectivity index (χ3v) is 8.35. The Bertz CT molecular complexity index is 1080. The maximum Gasteiger partial charge on any atom is 0.421 e. The monoisotopic (exact) mass is 420 g/mol. The second-order valence-electron chi connectivity index (χ2n) is 5.76. The van der Waals surface area contributed by atoms with Gasteiger partial charge in [0.1, 0.15) is 10.8 Å². The van der Waals surface area contributed by atoms with E-state index in [1.807, 2.05) is 0 Å². The van der Waals surface area contributed by atoms with Gasteiger partial charge in [0.05, 0.1) is 16.2 Å². The van der Waals surface area contributed by atoms with Gasteiger partial charge in [-0.3, -0.25) is 4.79 Å². The van der Waals surface area contributed by atoms with Crippen molar-refractivity contribution in [3.8, 4) is 0 Å². The molecule has 1 unspecified atom stereocenters. The van der Waals surface area contributed by atoms with Crippen LogP contribution in [0, 0.1) is 0 Å². The topological polar surface area (TPSA) is 102 Å². The number of carbonyl (C=O) groups is 1. The lowest BCUT2D eigenvalue weighted by atomic mass is 10.2. The lowest BCUT2D eigenvalue weighted by molar-refractivity contribution is -0.0837. The molecule has 1 aliphatic rings. The number of allylic oxidation sites excluding steroid dienone is 3. The Labute approximate surface area is 155 Å². The third kappa shape index (κ3) is 3.56. The van der Waals surface area contributed by atoms with Gasteiger partial charge in [-0.2, -0.15) is 24.1 Å². The number of thiol groups is 1. The van der Waals surface area contributed by atoms with Crippen LogP contribution in [0.5, 0.6) is 0 Å². The number of amides is 1. The Kier molecular flexibility index (Phi) is 4.76. The fourth-order valence-electron chi connectivity index (χ4n) is 2.84. The van der Waals surface area contributed by atoms with E-state index in [2.05, 4.69) is 0 Å². The normalized spacial score (nSPS) is 19.1. The van der Waals surface area contributed by atoms with Crippen LogP contribution >= 0.6 is 10.9 Å². The highest BCUT2D eigenvalue weighted by Crippen LogP contribution is 2.53. The van der Waals surface area contributed by atoms with Crippen LogP contribution in [-0.4, -0.2) is 41.1 Å². The number of aliphatic hydroxyl groups is 1. The van der Waals surface area contributed by atoms with Crippen molar-refractivity contribution < 1.29 is 31.5 Å². The molecule has 1 aromatic heterocycles. The molecule has 11 heteroatoms. The van der Waals surface area contributed by atoms with Crippen molar-refractivity contribution in [2.24, 2.45) is 5.73 Å². The summed E-state index contributed by atoms with van der Waals surface area (Å²) < 4.78 is 65.5. The van der Waals surface area contributed by atoms with Crippen LogP contribution in [0.15, 0.2) is 52.5 Å². The Morgan fingerprint density at radius 2 is 1.89 bits per heavy atom. The summed E-state index contributed by atoms with van der Waals surface area (Å²) in [7, 11) is -6.42. The van der Waals surface area contributed by atoms with Crippen molar-refractivity contribution in [2.75, 3.05) is 11.5 Å². The summed E-state index contributed by atoms with van der Waals surface area (Å²) in [5, 5.41) is 9.70. The SMILES string of the molecule is NC(=O)c1cc2ccccc2n1S(=O)(=O)CC[SH]1C(O)=CC=C1C(F)(F)F. The number of alkyl halides is 3. The van der Waals surface area contributed by atoms with Crippen molar-refractivity contribution in [2.45, 2.75) is 6.18 Å².